The van der Waals surface area contributed by atoms with Crippen molar-refractivity contribution in [3.8, 4) is 0 Å². The third-order valence-electron chi connectivity index (χ3n) is 2.65. The number of carbonyl (C=O) groups excluding carboxylic acids is 2. The van der Waals surface area contributed by atoms with E-state index in [1.807, 2.05) is 12.3 Å². The van der Waals surface area contributed by atoms with Crippen LogP contribution in [0.25, 0.3) is 0 Å². The summed E-state index contributed by atoms with van der Waals surface area (Å²) in [5, 5.41) is 5.23. The fraction of sp³-hybridized carbons (Fsp3) is 0.214. The summed E-state index contributed by atoms with van der Waals surface area (Å²) in [6, 6.07) is 6.78. The van der Waals surface area contributed by atoms with Gasteiger partial charge in [-0.15, -0.1) is 11.3 Å². The van der Waals surface area contributed by atoms with Crippen LogP contribution >= 0.6 is 11.3 Å². The minimum absolute atomic E-state index is 0.131. The van der Waals surface area contributed by atoms with E-state index in [9.17, 15) is 9.59 Å². The summed E-state index contributed by atoms with van der Waals surface area (Å²) in [4.78, 5) is 29.0. The van der Waals surface area contributed by atoms with Crippen LogP contribution in [0.4, 0.5) is 10.8 Å². The van der Waals surface area contributed by atoms with Gasteiger partial charge in [-0.25, -0.2) is 4.98 Å². The van der Waals surface area contributed by atoms with Crippen LogP contribution in [0, 0.1) is 6.92 Å². The maximum Gasteiger partial charge on any atom is 0.259 e. The maximum absolute atomic E-state index is 12.3. The Balaban J connectivity index is 2.14. The van der Waals surface area contributed by atoms with Crippen LogP contribution in [0.5, 0.6) is 0 Å². The Bertz CT molecular complexity index is 634. The second-order valence-corrected chi connectivity index (χ2v) is 5.23. The normalized spacial score (nSPS) is 10.2. The van der Waals surface area contributed by atoms with Crippen LogP contribution in [-0.2, 0) is 4.79 Å². The van der Waals surface area contributed by atoms with E-state index in [4.69, 9.17) is 0 Å². The average Bonchev–Trinajstić information content (AvgIpc) is 2.84. The van der Waals surface area contributed by atoms with Crippen LogP contribution in [0.3, 0.4) is 0 Å². The molecule has 0 aliphatic heterocycles. The van der Waals surface area contributed by atoms with Crippen LogP contribution < -0.4 is 10.2 Å². The monoisotopic (exact) mass is 289 g/mol. The molecule has 1 aromatic carbocycles. The highest BCUT2D eigenvalue weighted by atomic mass is 32.1. The second kappa shape index (κ2) is 5.83. The average molecular weight is 289 g/mol. The van der Waals surface area contributed by atoms with Crippen molar-refractivity contribution in [1.82, 2.24) is 4.98 Å². The van der Waals surface area contributed by atoms with Gasteiger partial charge in [-0.2, -0.15) is 0 Å². The summed E-state index contributed by atoms with van der Waals surface area (Å²) in [6.45, 7) is 3.33. The molecule has 20 heavy (non-hydrogen) atoms. The number of thiazole rings is 1. The Hall–Kier alpha value is -2.21. The summed E-state index contributed by atoms with van der Waals surface area (Å²) >= 11 is 1.43. The van der Waals surface area contributed by atoms with Gasteiger partial charge in [0.25, 0.3) is 5.91 Å². The molecule has 104 valence electrons. The standard InChI is InChI=1S/C14H15N3O2S/c1-9-8-20-14(15-9)17(3)13(19)11-4-6-12(7-5-11)16-10(2)18/h4-8H,1-3H3,(H,16,18). The van der Waals surface area contributed by atoms with Gasteiger partial charge in [0.2, 0.25) is 5.91 Å². The van der Waals surface area contributed by atoms with Crippen LogP contribution in [-0.4, -0.2) is 23.8 Å². The fourth-order valence-electron chi connectivity index (χ4n) is 1.68. The number of hydrogen-bond acceptors (Lipinski definition) is 4. The number of amides is 2. The molecule has 2 aromatic rings. The van der Waals surface area contributed by atoms with Gasteiger partial charge in [0.05, 0.1) is 5.69 Å². The molecule has 2 amide bonds. The summed E-state index contributed by atoms with van der Waals surface area (Å²) in [5.74, 6) is -0.270. The summed E-state index contributed by atoms with van der Waals surface area (Å²) < 4.78 is 0. The second-order valence-electron chi connectivity index (χ2n) is 4.39. The zero-order valence-corrected chi connectivity index (χ0v) is 12.3. The molecule has 0 radical (unpaired) electrons. The van der Waals surface area contributed by atoms with Gasteiger partial charge in [0.15, 0.2) is 5.13 Å². The van der Waals surface area contributed by atoms with Crippen molar-refractivity contribution in [2.75, 3.05) is 17.3 Å². The molecule has 5 nitrogen and oxygen atoms in total. The van der Waals surface area contributed by atoms with Gasteiger partial charge in [0, 0.05) is 30.6 Å². The highest BCUT2D eigenvalue weighted by Crippen LogP contribution is 2.21. The molecule has 0 aliphatic carbocycles. The van der Waals surface area contributed by atoms with Crippen molar-refractivity contribution in [3.63, 3.8) is 0 Å². The molecule has 2 rings (SSSR count). The van der Waals surface area contributed by atoms with Gasteiger partial charge in [-0.3, -0.25) is 14.5 Å². The minimum Gasteiger partial charge on any atom is -0.326 e. The zero-order chi connectivity index (χ0) is 14.7. The smallest absolute Gasteiger partial charge is 0.259 e. The molecule has 0 saturated heterocycles. The summed E-state index contributed by atoms with van der Waals surface area (Å²) in [5.41, 5.74) is 2.11. The Labute approximate surface area is 121 Å². The third-order valence-corrected chi connectivity index (χ3v) is 3.69. The Kier molecular flexibility index (Phi) is 4.14. The Morgan fingerprint density at radius 2 is 1.90 bits per heavy atom. The van der Waals surface area contributed by atoms with E-state index in [-0.39, 0.29) is 11.8 Å². The molecule has 0 bridgehead atoms. The maximum atomic E-state index is 12.3. The quantitative estimate of drug-likeness (QED) is 0.945. The third kappa shape index (κ3) is 3.21. The lowest BCUT2D eigenvalue weighted by Gasteiger charge is -2.14. The van der Waals surface area contributed by atoms with E-state index in [0.717, 1.165) is 5.69 Å². The molecule has 0 aliphatic rings. The number of anilines is 2. The van der Waals surface area contributed by atoms with Crippen LogP contribution in [0.15, 0.2) is 29.6 Å². The van der Waals surface area contributed by atoms with Gasteiger partial charge in [-0.05, 0) is 31.2 Å². The van der Waals surface area contributed by atoms with E-state index in [2.05, 4.69) is 10.3 Å². The highest BCUT2D eigenvalue weighted by Gasteiger charge is 2.15. The fourth-order valence-corrected chi connectivity index (χ4v) is 2.44. The highest BCUT2D eigenvalue weighted by molar-refractivity contribution is 7.14. The lowest BCUT2D eigenvalue weighted by molar-refractivity contribution is -0.114. The number of nitrogens with zero attached hydrogens (tertiary/aromatic N) is 2. The lowest BCUT2D eigenvalue weighted by Crippen LogP contribution is -2.26. The molecule has 1 heterocycles. The molecule has 6 heteroatoms. The molecule has 0 atom stereocenters. The van der Waals surface area contributed by atoms with Gasteiger partial charge in [-0.1, -0.05) is 0 Å². The number of nitrogens with one attached hydrogen (secondary N) is 1. The molecule has 0 unspecified atom stereocenters. The zero-order valence-electron chi connectivity index (χ0n) is 11.5. The molecule has 1 aromatic heterocycles. The molecule has 0 spiro atoms. The minimum atomic E-state index is -0.139. The number of benzene rings is 1. The van der Waals surface area contributed by atoms with E-state index >= 15 is 0 Å². The predicted octanol–water partition coefficient (Wildman–Crippen LogP) is 2.69. The first-order valence-electron chi connectivity index (χ1n) is 6.05. The van der Waals surface area contributed by atoms with Gasteiger partial charge >= 0.3 is 0 Å². The predicted molar refractivity (Wildman–Crippen MR) is 80.3 cm³/mol. The number of rotatable bonds is 3. The van der Waals surface area contributed by atoms with E-state index < -0.39 is 0 Å². The Morgan fingerprint density at radius 3 is 2.40 bits per heavy atom. The topological polar surface area (TPSA) is 62.3 Å². The first-order chi connectivity index (χ1) is 9.47. The lowest BCUT2D eigenvalue weighted by atomic mass is 10.2. The Morgan fingerprint density at radius 1 is 1.25 bits per heavy atom. The molecule has 0 saturated carbocycles. The van der Waals surface area contributed by atoms with E-state index in [1.54, 1.807) is 31.3 Å². The molecular formula is C14H15N3O2S. The first kappa shape index (κ1) is 14.2. The van der Waals surface area contributed by atoms with Crippen LogP contribution in [0.1, 0.15) is 23.0 Å². The molecule has 0 fully saturated rings. The largest absolute Gasteiger partial charge is 0.326 e. The van der Waals surface area contributed by atoms with Crippen molar-refractivity contribution in [3.05, 3.63) is 40.9 Å². The van der Waals surface area contributed by atoms with Crippen LogP contribution in [0.2, 0.25) is 0 Å². The summed E-state index contributed by atoms with van der Waals surface area (Å²) in [7, 11) is 1.70. The van der Waals surface area contributed by atoms with E-state index in [1.165, 1.54) is 23.2 Å². The van der Waals surface area contributed by atoms with Crippen molar-refractivity contribution in [1.29, 1.82) is 0 Å². The molecule has 1 N–H and O–H groups in total. The van der Waals surface area contributed by atoms with Gasteiger partial charge in [0.1, 0.15) is 0 Å². The number of hydrogen-bond donors (Lipinski definition) is 1. The first-order valence-corrected chi connectivity index (χ1v) is 6.93. The number of carbonyl (C=O) groups is 2. The summed E-state index contributed by atoms with van der Waals surface area (Å²) in [6.07, 6.45) is 0. The van der Waals surface area contributed by atoms with Gasteiger partial charge < -0.3 is 5.32 Å². The van der Waals surface area contributed by atoms with Crippen molar-refractivity contribution in [2.24, 2.45) is 0 Å². The van der Waals surface area contributed by atoms with Crippen molar-refractivity contribution >= 4 is 34.0 Å². The van der Waals surface area contributed by atoms with E-state index in [0.29, 0.717) is 16.4 Å². The van der Waals surface area contributed by atoms with Crippen molar-refractivity contribution < 1.29 is 9.59 Å². The van der Waals surface area contributed by atoms with Crippen molar-refractivity contribution in [2.45, 2.75) is 13.8 Å². The SMILES string of the molecule is CC(=O)Nc1ccc(C(=O)N(C)c2nc(C)cs2)cc1. The number of aromatic nitrogens is 1. The number of aryl methyl sites for hydroxylation is 1. The molecular weight excluding hydrogens is 274 g/mol.